The van der Waals surface area contributed by atoms with Crippen molar-refractivity contribution < 1.29 is 14.3 Å². The fourth-order valence-electron chi connectivity index (χ4n) is 2.46. The lowest BCUT2D eigenvalue weighted by atomic mass is 10.1. The van der Waals surface area contributed by atoms with Gasteiger partial charge < -0.3 is 20.1 Å². The van der Waals surface area contributed by atoms with E-state index in [4.69, 9.17) is 27.4 Å². The van der Waals surface area contributed by atoms with Gasteiger partial charge in [-0.15, -0.1) is 6.42 Å². The first-order valence-electron chi connectivity index (χ1n) is 6.69. The van der Waals surface area contributed by atoms with Gasteiger partial charge in [0.15, 0.2) is 11.5 Å². The van der Waals surface area contributed by atoms with Crippen LogP contribution in [0.1, 0.15) is 23.2 Å². The van der Waals surface area contributed by atoms with Crippen molar-refractivity contribution in [1.29, 1.82) is 0 Å². The van der Waals surface area contributed by atoms with Crippen LogP contribution >= 0.6 is 0 Å². The SMILES string of the molecule is C#CC1CCCN1C(=O)c1cc(OC)c(OCN)cc1N. The first kappa shape index (κ1) is 15.0. The van der Waals surface area contributed by atoms with Crippen LogP contribution in [0.5, 0.6) is 11.5 Å². The van der Waals surface area contributed by atoms with Gasteiger partial charge in [-0.3, -0.25) is 10.5 Å². The molecule has 1 aliphatic heterocycles. The summed E-state index contributed by atoms with van der Waals surface area (Å²) in [5, 5.41) is 0. The third-order valence-electron chi connectivity index (χ3n) is 3.51. The average molecular weight is 289 g/mol. The standard InChI is InChI=1S/C15H19N3O3/c1-3-10-5-4-6-18(10)15(19)11-7-13(20-2)14(21-9-16)8-12(11)17/h1,7-8,10H,4-6,9,16-17H2,2H3. The lowest BCUT2D eigenvalue weighted by molar-refractivity contribution is 0.0766. The Morgan fingerprint density at radius 2 is 2.29 bits per heavy atom. The van der Waals surface area contributed by atoms with E-state index in [1.165, 1.54) is 7.11 Å². The third kappa shape index (κ3) is 2.88. The minimum Gasteiger partial charge on any atom is -0.493 e. The smallest absolute Gasteiger partial charge is 0.257 e. The van der Waals surface area contributed by atoms with Gasteiger partial charge >= 0.3 is 0 Å². The Morgan fingerprint density at radius 3 is 2.90 bits per heavy atom. The highest BCUT2D eigenvalue weighted by Crippen LogP contribution is 2.33. The average Bonchev–Trinajstić information content (AvgIpc) is 2.95. The monoisotopic (exact) mass is 289 g/mol. The fourth-order valence-corrected chi connectivity index (χ4v) is 2.46. The molecule has 0 saturated carbocycles. The molecule has 0 spiro atoms. The minimum absolute atomic E-state index is 0.00557. The van der Waals surface area contributed by atoms with Crippen LogP contribution in [0, 0.1) is 12.3 Å². The van der Waals surface area contributed by atoms with Gasteiger partial charge in [0.2, 0.25) is 0 Å². The van der Waals surface area contributed by atoms with Gasteiger partial charge in [-0.25, -0.2) is 0 Å². The van der Waals surface area contributed by atoms with E-state index in [-0.39, 0.29) is 18.7 Å². The first-order valence-corrected chi connectivity index (χ1v) is 6.69. The number of ether oxygens (including phenoxy) is 2. The second kappa shape index (κ2) is 6.37. The molecule has 1 aromatic carbocycles. The molecule has 1 atom stereocenters. The molecule has 0 aliphatic carbocycles. The van der Waals surface area contributed by atoms with Gasteiger partial charge in [0.05, 0.1) is 18.7 Å². The van der Waals surface area contributed by atoms with Crippen LogP contribution < -0.4 is 20.9 Å². The number of methoxy groups -OCH3 is 1. The summed E-state index contributed by atoms with van der Waals surface area (Å²) in [6.07, 6.45) is 7.17. The Kier molecular flexibility index (Phi) is 4.55. The maximum atomic E-state index is 12.6. The Morgan fingerprint density at radius 1 is 1.52 bits per heavy atom. The summed E-state index contributed by atoms with van der Waals surface area (Å²) in [4.78, 5) is 14.3. The second-order valence-corrected chi connectivity index (χ2v) is 4.72. The van der Waals surface area contributed by atoms with E-state index in [9.17, 15) is 4.79 Å². The number of rotatable bonds is 4. The van der Waals surface area contributed by atoms with Gasteiger partial charge in [0.1, 0.15) is 6.73 Å². The zero-order chi connectivity index (χ0) is 15.4. The van der Waals surface area contributed by atoms with Gasteiger partial charge in [-0.1, -0.05) is 5.92 Å². The van der Waals surface area contributed by atoms with E-state index in [1.807, 2.05) is 0 Å². The number of hydrogen-bond donors (Lipinski definition) is 2. The Hall–Kier alpha value is -2.39. The summed E-state index contributed by atoms with van der Waals surface area (Å²) in [5.74, 6) is 3.26. The number of nitrogen functional groups attached to an aromatic ring is 1. The molecule has 0 aromatic heterocycles. The molecule has 112 valence electrons. The van der Waals surface area contributed by atoms with Crippen molar-refractivity contribution in [1.82, 2.24) is 4.90 Å². The first-order chi connectivity index (χ1) is 10.1. The molecule has 1 fully saturated rings. The maximum Gasteiger partial charge on any atom is 0.257 e. The van der Waals surface area contributed by atoms with Crippen molar-refractivity contribution in [3.63, 3.8) is 0 Å². The van der Waals surface area contributed by atoms with Crippen molar-refractivity contribution in [2.24, 2.45) is 5.73 Å². The quantitative estimate of drug-likeness (QED) is 0.486. The molecule has 1 saturated heterocycles. The zero-order valence-electron chi connectivity index (χ0n) is 12.0. The lowest BCUT2D eigenvalue weighted by Gasteiger charge is -2.22. The van der Waals surface area contributed by atoms with E-state index < -0.39 is 0 Å². The van der Waals surface area contributed by atoms with Gasteiger partial charge in [-0.05, 0) is 18.9 Å². The van der Waals surface area contributed by atoms with E-state index in [2.05, 4.69) is 5.92 Å². The van der Waals surface area contributed by atoms with E-state index in [0.717, 1.165) is 12.8 Å². The molecule has 1 unspecified atom stereocenters. The topological polar surface area (TPSA) is 90.8 Å². The van der Waals surface area contributed by atoms with Gasteiger partial charge in [0.25, 0.3) is 5.91 Å². The summed E-state index contributed by atoms with van der Waals surface area (Å²) in [6, 6.07) is 2.93. The number of amides is 1. The molecule has 4 N–H and O–H groups in total. The number of likely N-dealkylation sites (tertiary alicyclic amines) is 1. The number of terminal acetylenes is 1. The molecule has 1 aliphatic rings. The number of nitrogens with two attached hydrogens (primary N) is 2. The van der Waals surface area contributed by atoms with Crippen LogP contribution in [0.3, 0.4) is 0 Å². The van der Waals surface area contributed by atoms with Crippen LogP contribution in [0.2, 0.25) is 0 Å². The Balaban J connectivity index is 2.35. The molecule has 1 heterocycles. The minimum atomic E-state index is -0.189. The largest absolute Gasteiger partial charge is 0.493 e. The second-order valence-electron chi connectivity index (χ2n) is 4.72. The number of benzene rings is 1. The van der Waals surface area contributed by atoms with E-state index in [1.54, 1.807) is 17.0 Å². The molecular weight excluding hydrogens is 270 g/mol. The predicted octanol–water partition coefficient (Wildman–Crippen LogP) is 0.810. The van der Waals surface area contributed by atoms with E-state index >= 15 is 0 Å². The Bertz CT molecular complexity index is 580. The number of nitrogens with zero attached hydrogens (tertiary/aromatic N) is 1. The molecule has 21 heavy (non-hydrogen) atoms. The van der Waals surface area contributed by atoms with Crippen molar-refractivity contribution in [3.05, 3.63) is 17.7 Å². The van der Waals surface area contributed by atoms with Crippen LogP contribution in [0.15, 0.2) is 12.1 Å². The van der Waals surface area contributed by atoms with Crippen molar-refractivity contribution >= 4 is 11.6 Å². The molecule has 2 rings (SSSR count). The highest BCUT2D eigenvalue weighted by Gasteiger charge is 2.29. The summed E-state index contributed by atoms with van der Waals surface area (Å²) in [7, 11) is 1.49. The number of carbonyl (C=O) groups excluding carboxylic acids is 1. The predicted molar refractivity (Wildman–Crippen MR) is 80.0 cm³/mol. The number of anilines is 1. The summed E-state index contributed by atoms with van der Waals surface area (Å²) >= 11 is 0. The van der Waals surface area contributed by atoms with Crippen molar-refractivity contribution in [3.8, 4) is 23.8 Å². The summed E-state index contributed by atoms with van der Waals surface area (Å²) < 4.78 is 10.4. The van der Waals surface area contributed by atoms with E-state index in [0.29, 0.717) is 29.3 Å². The fraction of sp³-hybridized carbons (Fsp3) is 0.400. The van der Waals surface area contributed by atoms with Crippen molar-refractivity contribution in [2.45, 2.75) is 18.9 Å². The van der Waals surface area contributed by atoms with Crippen LogP contribution in [0.4, 0.5) is 5.69 Å². The van der Waals surface area contributed by atoms with Crippen molar-refractivity contribution in [2.75, 3.05) is 26.1 Å². The maximum absolute atomic E-state index is 12.6. The van der Waals surface area contributed by atoms with Gasteiger partial charge in [-0.2, -0.15) is 0 Å². The summed E-state index contributed by atoms with van der Waals surface area (Å²) in [6.45, 7) is 0.630. The molecule has 0 bridgehead atoms. The van der Waals surface area contributed by atoms with Gasteiger partial charge in [0, 0.05) is 18.3 Å². The molecule has 1 aromatic rings. The number of hydrogen-bond acceptors (Lipinski definition) is 5. The molecule has 1 amide bonds. The molecule has 6 nitrogen and oxygen atoms in total. The highest BCUT2D eigenvalue weighted by atomic mass is 16.5. The summed E-state index contributed by atoms with van der Waals surface area (Å²) in [5.41, 5.74) is 12.0. The van der Waals surface area contributed by atoms with Crippen LogP contribution in [-0.2, 0) is 0 Å². The Labute approximate surface area is 124 Å². The number of carbonyl (C=O) groups is 1. The molecular formula is C15H19N3O3. The third-order valence-corrected chi connectivity index (χ3v) is 3.51. The molecule has 0 radical (unpaired) electrons. The van der Waals surface area contributed by atoms with Crippen LogP contribution in [-0.4, -0.2) is 37.2 Å². The lowest BCUT2D eigenvalue weighted by Crippen LogP contribution is -2.35. The zero-order valence-corrected chi connectivity index (χ0v) is 12.0. The van der Waals surface area contributed by atoms with Crippen LogP contribution in [0.25, 0.3) is 0 Å². The highest BCUT2D eigenvalue weighted by molar-refractivity contribution is 6.00. The molecule has 6 heteroatoms. The normalized spacial score (nSPS) is 17.4.